The number of rotatable bonds is 5. The van der Waals surface area contributed by atoms with E-state index in [1.54, 1.807) is 6.07 Å². The van der Waals surface area contributed by atoms with Crippen molar-refractivity contribution in [2.75, 3.05) is 13.2 Å². The summed E-state index contributed by atoms with van der Waals surface area (Å²) in [5.74, 6) is -0.265. The zero-order valence-electron chi connectivity index (χ0n) is 8.33. The summed E-state index contributed by atoms with van der Waals surface area (Å²) in [6.45, 7) is 2.86. The molecule has 0 aliphatic heterocycles. The van der Waals surface area contributed by atoms with E-state index in [9.17, 15) is 4.39 Å². The molecule has 0 aliphatic rings. The minimum absolute atomic E-state index is 0.0105. The van der Waals surface area contributed by atoms with Crippen LogP contribution in [-0.4, -0.2) is 18.3 Å². The summed E-state index contributed by atoms with van der Waals surface area (Å²) in [6, 6.07) is 6.15. The summed E-state index contributed by atoms with van der Waals surface area (Å²) >= 11 is 0. The number of benzene rings is 1. The molecule has 1 unspecified atom stereocenters. The van der Waals surface area contributed by atoms with Crippen LogP contribution in [0.3, 0.4) is 0 Å². The van der Waals surface area contributed by atoms with Crippen LogP contribution < -0.4 is 5.32 Å². The first kappa shape index (κ1) is 11.1. The van der Waals surface area contributed by atoms with Crippen LogP contribution >= 0.6 is 0 Å². The molecule has 0 spiro atoms. The van der Waals surface area contributed by atoms with Crippen LogP contribution in [0.1, 0.15) is 24.9 Å². The predicted molar refractivity (Wildman–Crippen MR) is 54.5 cm³/mol. The third-order valence-electron chi connectivity index (χ3n) is 2.07. The van der Waals surface area contributed by atoms with E-state index >= 15 is 0 Å². The van der Waals surface area contributed by atoms with Gasteiger partial charge in [0.05, 0.1) is 12.6 Å². The van der Waals surface area contributed by atoms with Gasteiger partial charge >= 0.3 is 0 Å². The summed E-state index contributed by atoms with van der Waals surface area (Å²) in [5, 5.41) is 12.3. The number of nitrogens with one attached hydrogen (secondary N) is 1. The molecule has 0 saturated carbocycles. The highest BCUT2D eigenvalue weighted by molar-refractivity contribution is 5.20. The van der Waals surface area contributed by atoms with Crippen molar-refractivity contribution >= 4 is 0 Å². The zero-order chi connectivity index (χ0) is 10.4. The molecular formula is C11H16FNO. The fourth-order valence-electron chi connectivity index (χ4n) is 1.33. The fourth-order valence-corrected chi connectivity index (χ4v) is 1.33. The van der Waals surface area contributed by atoms with Crippen molar-refractivity contribution in [3.63, 3.8) is 0 Å². The smallest absolute Gasteiger partial charge is 0.123 e. The third kappa shape index (κ3) is 3.09. The third-order valence-corrected chi connectivity index (χ3v) is 2.07. The minimum atomic E-state index is -0.265. The molecule has 0 fully saturated rings. The first-order chi connectivity index (χ1) is 6.77. The molecule has 14 heavy (non-hydrogen) atoms. The van der Waals surface area contributed by atoms with Gasteiger partial charge in [0.1, 0.15) is 5.82 Å². The van der Waals surface area contributed by atoms with E-state index in [0.717, 1.165) is 18.5 Å². The Hall–Kier alpha value is -0.930. The number of hydrogen-bond donors (Lipinski definition) is 2. The molecule has 1 aromatic rings. The first-order valence-corrected chi connectivity index (χ1v) is 4.87. The van der Waals surface area contributed by atoms with Gasteiger partial charge in [-0.15, -0.1) is 0 Å². The van der Waals surface area contributed by atoms with Crippen LogP contribution in [0.25, 0.3) is 0 Å². The van der Waals surface area contributed by atoms with E-state index in [1.807, 2.05) is 13.0 Å². The normalized spacial score (nSPS) is 12.8. The predicted octanol–water partition coefficient (Wildman–Crippen LogP) is 1.86. The van der Waals surface area contributed by atoms with Crippen molar-refractivity contribution in [2.24, 2.45) is 0 Å². The Kier molecular flexibility index (Phi) is 4.56. The van der Waals surface area contributed by atoms with Gasteiger partial charge in [-0.05, 0) is 30.7 Å². The Morgan fingerprint density at radius 3 is 2.86 bits per heavy atom. The zero-order valence-corrected chi connectivity index (χ0v) is 8.33. The largest absolute Gasteiger partial charge is 0.394 e. The average Bonchev–Trinajstić information content (AvgIpc) is 2.19. The topological polar surface area (TPSA) is 32.3 Å². The van der Waals surface area contributed by atoms with Gasteiger partial charge in [0, 0.05) is 0 Å². The molecule has 1 atom stereocenters. The van der Waals surface area contributed by atoms with E-state index < -0.39 is 0 Å². The van der Waals surface area contributed by atoms with Crippen LogP contribution in [0, 0.1) is 5.82 Å². The maximum absolute atomic E-state index is 12.9. The van der Waals surface area contributed by atoms with Crippen LogP contribution in [0.4, 0.5) is 4.39 Å². The average molecular weight is 197 g/mol. The minimum Gasteiger partial charge on any atom is -0.394 e. The number of hydrogen-bond acceptors (Lipinski definition) is 2. The maximum Gasteiger partial charge on any atom is 0.123 e. The van der Waals surface area contributed by atoms with Gasteiger partial charge in [-0.3, -0.25) is 0 Å². The molecule has 2 N–H and O–H groups in total. The van der Waals surface area contributed by atoms with Gasteiger partial charge in [0.15, 0.2) is 0 Å². The van der Waals surface area contributed by atoms with Gasteiger partial charge in [0.2, 0.25) is 0 Å². The molecule has 1 aromatic carbocycles. The Bertz CT molecular complexity index is 278. The summed E-state index contributed by atoms with van der Waals surface area (Å²) < 4.78 is 12.9. The maximum atomic E-state index is 12.9. The summed E-state index contributed by atoms with van der Waals surface area (Å²) in [7, 11) is 0. The summed E-state index contributed by atoms with van der Waals surface area (Å²) in [5.41, 5.74) is 0.793. The Balaban J connectivity index is 2.68. The van der Waals surface area contributed by atoms with E-state index in [-0.39, 0.29) is 18.5 Å². The lowest BCUT2D eigenvalue weighted by Crippen LogP contribution is -2.25. The second kappa shape index (κ2) is 5.73. The standard InChI is InChI=1S/C11H16FNO/c1-2-6-13-11(8-14)9-4-3-5-10(12)7-9/h3-5,7,11,13-14H,2,6,8H2,1H3. The molecule has 0 aromatic heterocycles. The monoisotopic (exact) mass is 197 g/mol. The molecule has 78 valence electrons. The molecular weight excluding hydrogens is 181 g/mol. The van der Waals surface area contributed by atoms with Gasteiger partial charge in [-0.25, -0.2) is 4.39 Å². The quantitative estimate of drug-likeness (QED) is 0.755. The lowest BCUT2D eigenvalue weighted by molar-refractivity contribution is 0.244. The molecule has 1 rings (SSSR count). The highest BCUT2D eigenvalue weighted by Gasteiger charge is 2.08. The van der Waals surface area contributed by atoms with Crippen molar-refractivity contribution < 1.29 is 9.50 Å². The second-order valence-electron chi connectivity index (χ2n) is 3.24. The van der Waals surface area contributed by atoms with Gasteiger partial charge < -0.3 is 10.4 Å². The van der Waals surface area contributed by atoms with Crippen LogP contribution in [0.2, 0.25) is 0 Å². The second-order valence-corrected chi connectivity index (χ2v) is 3.24. The van der Waals surface area contributed by atoms with Crippen LogP contribution in [0.5, 0.6) is 0 Å². The van der Waals surface area contributed by atoms with Gasteiger partial charge in [0.25, 0.3) is 0 Å². The van der Waals surface area contributed by atoms with Crippen molar-refractivity contribution in [1.29, 1.82) is 0 Å². The van der Waals surface area contributed by atoms with E-state index in [1.165, 1.54) is 12.1 Å². The number of halogens is 1. The van der Waals surface area contributed by atoms with E-state index in [4.69, 9.17) is 5.11 Å². The molecule has 0 amide bonds. The summed E-state index contributed by atoms with van der Waals surface area (Å²) in [6.07, 6.45) is 0.992. The highest BCUT2D eigenvalue weighted by Crippen LogP contribution is 2.13. The van der Waals surface area contributed by atoms with Gasteiger partial charge in [-0.1, -0.05) is 19.1 Å². The molecule has 0 saturated heterocycles. The van der Waals surface area contributed by atoms with E-state index in [2.05, 4.69) is 5.32 Å². The SMILES string of the molecule is CCCNC(CO)c1cccc(F)c1. The lowest BCUT2D eigenvalue weighted by Gasteiger charge is -2.15. The van der Waals surface area contributed by atoms with Crippen LogP contribution in [0.15, 0.2) is 24.3 Å². The summed E-state index contributed by atoms with van der Waals surface area (Å²) in [4.78, 5) is 0. The van der Waals surface area contributed by atoms with E-state index in [0.29, 0.717) is 0 Å². The molecule has 0 aliphatic carbocycles. The molecule has 3 heteroatoms. The van der Waals surface area contributed by atoms with Crippen molar-refractivity contribution in [3.8, 4) is 0 Å². The Morgan fingerprint density at radius 2 is 2.29 bits per heavy atom. The van der Waals surface area contributed by atoms with Gasteiger partial charge in [-0.2, -0.15) is 0 Å². The Labute approximate surface area is 83.8 Å². The van der Waals surface area contributed by atoms with Crippen LogP contribution in [-0.2, 0) is 0 Å². The molecule has 0 radical (unpaired) electrons. The number of aliphatic hydroxyl groups excluding tert-OH is 1. The molecule has 0 bridgehead atoms. The number of aliphatic hydroxyl groups is 1. The lowest BCUT2D eigenvalue weighted by atomic mass is 10.1. The van der Waals surface area contributed by atoms with Crippen molar-refractivity contribution in [3.05, 3.63) is 35.6 Å². The first-order valence-electron chi connectivity index (χ1n) is 4.87. The molecule has 2 nitrogen and oxygen atoms in total. The van der Waals surface area contributed by atoms with Crippen molar-refractivity contribution in [1.82, 2.24) is 5.32 Å². The molecule has 0 heterocycles. The fraction of sp³-hybridized carbons (Fsp3) is 0.455. The van der Waals surface area contributed by atoms with Crippen molar-refractivity contribution in [2.45, 2.75) is 19.4 Å². The Morgan fingerprint density at radius 1 is 1.50 bits per heavy atom. The highest BCUT2D eigenvalue weighted by atomic mass is 19.1.